The molecule has 0 bridgehead atoms. The minimum absolute atomic E-state index is 0.257. The highest BCUT2D eigenvalue weighted by molar-refractivity contribution is 5.36. The van der Waals surface area contributed by atoms with Crippen LogP contribution in [0.25, 0.3) is 5.69 Å². The van der Waals surface area contributed by atoms with Gasteiger partial charge in [-0.05, 0) is 43.7 Å². The molecule has 1 heterocycles. The molecule has 0 aliphatic carbocycles. The molecule has 0 spiro atoms. The van der Waals surface area contributed by atoms with Gasteiger partial charge in [-0.2, -0.15) is 0 Å². The number of hydrogen-bond acceptors (Lipinski definition) is 3. The van der Waals surface area contributed by atoms with Crippen molar-refractivity contribution in [2.75, 3.05) is 6.54 Å². The van der Waals surface area contributed by atoms with Crippen LogP contribution in [0.1, 0.15) is 24.6 Å². The molecule has 0 fully saturated rings. The lowest BCUT2D eigenvalue weighted by atomic mass is 10.2. The van der Waals surface area contributed by atoms with Crippen LogP contribution in [0, 0.1) is 12.7 Å². The van der Waals surface area contributed by atoms with E-state index in [0.29, 0.717) is 12.2 Å². The van der Waals surface area contributed by atoms with Crippen molar-refractivity contribution < 1.29 is 4.39 Å². The van der Waals surface area contributed by atoms with Crippen LogP contribution in [0.4, 0.5) is 4.39 Å². The van der Waals surface area contributed by atoms with Gasteiger partial charge in [-0.15, -0.1) is 5.10 Å². The summed E-state index contributed by atoms with van der Waals surface area (Å²) in [7, 11) is 0. The number of hydrogen-bond donors (Lipinski definition) is 1. The van der Waals surface area contributed by atoms with Gasteiger partial charge in [0.2, 0.25) is 0 Å². The summed E-state index contributed by atoms with van der Waals surface area (Å²) in [6, 6.07) is 4.85. The number of aromatic nitrogens is 3. The van der Waals surface area contributed by atoms with Crippen molar-refractivity contribution in [2.45, 2.75) is 26.8 Å². The molecule has 1 N–H and O–H groups in total. The van der Waals surface area contributed by atoms with E-state index < -0.39 is 0 Å². The average Bonchev–Trinajstić information content (AvgIpc) is 2.76. The van der Waals surface area contributed by atoms with Crippen LogP contribution in [0.15, 0.2) is 24.4 Å². The Kier molecular flexibility index (Phi) is 4.04. The molecule has 0 amide bonds. The van der Waals surface area contributed by atoms with E-state index in [1.54, 1.807) is 10.9 Å². The SMILES string of the molecule is CCCNCc1cnnn1-c1cc(C)cc(F)c1. The molecular formula is C13H17FN4. The molecule has 0 saturated carbocycles. The molecule has 18 heavy (non-hydrogen) atoms. The van der Waals surface area contributed by atoms with Gasteiger partial charge in [0.1, 0.15) is 5.82 Å². The summed E-state index contributed by atoms with van der Waals surface area (Å²) in [5, 5.41) is 11.2. The lowest BCUT2D eigenvalue weighted by Crippen LogP contribution is -2.16. The van der Waals surface area contributed by atoms with Gasteiger partial charge in [0.15, 0.2) is 0 Å². The Labute approximate surface area is 106 Å². The van der Waals surface area contributed by atoms with Gasteiger partial charge in [0, 0.05) is 6.54 Å². The summed E-state index contributed by atoms with van der Waals surface area (Å²) in [5.41, 5.74) is 2.50. The summed E-state index contributed by atoms with van der Waals surface area (Å²) < 4.78 is 15.0. The lowest BCUT2D eigenvalue weighted by molar-refractivity contribution is 0.617. The fourth-order valence-electron chi connectivity index (χ4n) is 1.83. The Morgan fingerprint density at radius 2 is 2.17 bits per heavy atom. The fourth-order valence-corrected chi connectivity index (χ4v) is 1.83. The third-order valence-electron chi connectivity index (χ3n) is 2.62. The highest BCUT2D eigenvalue weighted by Crippen LogP contribution is 2.14. The molecule has 0 aliphatic rings. The highest BCUT2D eigenvalue weighted by atomic mass is 19.1. The fraction of sp³-hybridized carbons (Fsp3) is 0.385. The molecule has 0 aliphatic heterocycles. The first-order valence-corrected chi connectivity index (χ1v) is 6.08. The molecule has 5 heteroatoms. The Morgan fingerprint density at radius 3 is 2.89 bits per heavy atom. The van der Waals surface area contributed by atoms with Crippen LogP contribution in [0.5, 0.6) is 0 Å². The number of aryl methyl sites for hydroxylation is 1. The Balaban J connectivity index is 2.24. The van der Waals surface area contributed by atoms with Crippen LogP contribution >= 0.6 is 0 Å². The molecule has 1 aromatic heterocycles. The van der Waals surface area contributed by atoms with E-state index in [0.717, 1.165) is 24.2 Å². The minimum atomic E-state index is -0.257. The molecule has 0 radical (unpaired) electrons. The minimum Gasteiger partial charge on any atom is -0.311 e. The smallest absolute Gasteiger partial charge is 0.125 e. The maximum atomic E-state index is 13.4. The van der Waals surface area contributed by atoms with Gasteiger partial charge in [-0.1, -0.05) is 12.1 Å². The van der Waals surface area contributed by atoms with E-state index in [4.69, 9.17) is 0 Å². The first kappa shape index (κ1) is 12.7. The van der Waals surface area contributed by atoms with Gasteiger partial charge in [-0.25, -0.2) is 9.07 Å². The zero-order chi connectivity index (χ0) is 13.0. The predicted octanol–water partition coefficient (Wildman–Crippen LogP) is 2.21. The first-order valence-electron chi connectivity index (χ1n) is 6.08. The van der Waals surface area contributed by atoms with Crippen molar-refractivity contribution in [3.8, 4) is 5.69 Å². The quantitative estimate of drug-likeness (QED) is 0.825. The van der Waals surface area contributed by atoms with Crippen molar-refractivity contribution in [1.82, 2.24) is 20.3 Å². The molecule has 0 saturated heterocycles. The zero-order valence-corrected chi connectivity index (χ0v) is 10.7. The zero-order valence-electron chi connectivity index (χ0n) is 10.7. The molecule has 4 nitrogen and oxygen atoms in total. The summed E-state index contributed by atoms with van der Waals surface area (Å²) in [6.45, 7) is 5.58. The Hall–Kier alpha value is -1.75. The molecule has 0 atom stereocenters. The molecule has 2 rings (SSSR count). The first-order chi connectivity index (χ1) is 8.70. The van der Waals surface area contributed by atoms with Crippen molar-refractivity contribution in [2.24, 2.45) is 0 Å². The van der Waals surface area contributed by atoms with E-state index in [-0.39, 0.29) is 5.82 Å². The van der Waals surface area contributed by atoms with Crippen molar-refractivity contribution in [1.29, 1.82) is 0 Å². The van der Waals surface area contributed by atoms with Crippen LogP contribution in [-0.4, -0.2) is 21.5 Å². The predicted molar refractivity (Wildman–Crippen MR) is 68.1 cm³/mol. The van der Waals surface area contributed by atoms with Crippen LogP contribution < -0.4 is 5.32 Å². The topological polar surface area (TPSA) is 42.7 Å². The number of benzene rings is 1. The molecule has 0 unspecified atom stereocenters. The summed E-state index contributed by atoms with van der Waals surface area (Å²) in [5.74, 6) is -0.257. The second kappa shape index (κ2) is 5.73. The summed E-state index contributed by atoms with van der Waals surface area (Å²) >= 11 is 0. The van der Waals surface area contributed by atoms with E-state index in [9.17, 15) is 4.39 Å². The van der Waals surface area contributed by atoms with E-state index >= 15 is 0 Å². The van der Waals surface area contributed by atoms with E-state index in [2.05, 4.69) is 22.6 Å². The largest absolute Gasteiger partial charge is 0.311 e. The van der Waals surface area contributed by atoms with Crippen molar-refractivity contribution >= 4 is 0 Å². The maximum Gasteiger partial charge on any atom is 0.125 e. The molecule has 1 aromatic carbocycles. The molecular weight excluding hydrogens is 231 g/mol. The van der Waals surface area contributed by atoms with Crippen molar-refractivity contribution in [3.05, 3.63) is 41.5 Å². The normalized spacial score (nSPS) is 10.8. The highest BCUT2D eigenvalue weighted by Gasteiger charge is 2.07. The monoisotopic (exact) mass is 248 g/mol. The number of halogens is 1. The van der Waals surface area contributed by atoms with Crippen LogP contribution in [0.3, 0.4) is 0 Å². The molecule has 2 aromatic rings. The Morgan fingerprint density at radius 1 is 1.33 bits per heavy atom. The third kappa shape index (κ3) is 2.92. The van der Waals surface area contributed by atoms with E-state index in [1.807, 2.05) is 13.0 Å². The van der Waals surface area contributed by atoms with Crippen molar-refractivity contribution in [3.63, 3.8) is 0 Å². The summed E-state index contributed by atoms with van der Waals surface area (Å²) in [6.07, 6.45) is 2.77. The lowest BCUT2D eigenvalue weighted by Gasteiger charge is -2.08. The van der Waals surface area contributed by atoms with E-state index in [1.165, 1.54) is 12.1 Å². The van der Waals surface area contributed by atoms with Gasteiger partial charge in [0.05, 0.1) is 17.6 Å². The number of nitrogens with one attached hydrogen (secondary N) is 1. The van der Waals surface area contributed by atoms with Gasteiger partial charge < -0.3 is 5.32 Å². The average molecular weight is 248 g/mol. The standard InChI is InChI=1S/C13H17FN4/c1-3-4-15-8-13-9-16-17-18(13)12-6-10(2)5-11(14)7-12/h5-7,9,15H,3-4,8H2,1-2H3. The second-order valence-electron chi connectivity index (χ2n) is 4.30. The van der Waals surface area contributed by atoms with Gasteiger partial charge in [0.25, 0.3) is 0 Å². The number of nitrogens with zero attached hydrogens (tertiary/aromatic N) is 3. The summed E-state index contributed by atoms with van der Waals surface area (Å²) in [4.78, 5) is 0. The maximum absolute atomic E-state index is 13.4. The number of rotatable bonds is 5. The molecule has 96 valence electrons. The Bertz CT molecular complexity index is 501. The van der Waals surface area contributed by atoms with Crippen LogP contribution in [0.2, 0.25) is 0 Å². The second-order valence-corrected chi connectivity index (χ2v) is 4.30. The van der Waals surface area contributed by atoms with Gasteiger partial charge >= 0.3 is 0 Å². The van der Waals surface area contributed by atoms with Gasteiger partial charge in [-0.3, -0.25) is 0 Å². The van der Waals surface area contributed by atoms with Crippen LogP contribution in [-0.2, 0) is 6.54 Å². The third-order valence-corrected chi connectivity index (χ3v) is 2.62.